The van der Waals surface area contributed by atoms with Crippen LogP contribution in [0.3, 0.4) is 0 Å². The summed E-state index contributed by atoms with van der Waals surface area (Å²) in [6.07, 6.45) is -2.73. The second-order valence-corrected chi connectivity index (χ2v) is 6.49. The molecule has 5 nitrogen and oxygen atoms in total. The van der Waals surface area contributed by atoms with Gasteiger partial charge < -0.3 is 4.74 Å². The summed E-state index contributed by atoms with van der Waals surface area (Å²) < 4.78 is 30.8. The molecule has 1 aromatic heterocycles. The lowest BCUT2D eigenvalue weighted by Gasteiger charge is -2.11. The van der Waals surface area contributed by atoms with E-state index in [9.17, 15) is 13.6 Å². The molecule has 0 atom stereocenters. The van der Waals surface area contributed by atoms with Crippen LogP contribution < -0.4 is 10.1 Å². The van der Waals surface area contributed by atoms with Crippen LogP contribution in [0.15, 0.2) is 48.5 Å². The van der Waals surface area contributed by atoms with Crippen molar-refractivity contribution in [3.8, 4) is 5.75 Å². The smallest absolute Gasteiger partial charge is 0.291 e. The zero-order chi connectivity index (χ0) is 18.5. The Morgan fingerprint density at radius 2 is 1.88 bits per heavy atom. The number of carbonyl (C=O) groups is 1. The number of carbonyl (C=O) groups excluding carboxylic acids is 1. The van der Waals surface area contributed by atoms with Gasteiger partial charge in [0.15, 0.2) is 5.01 Å². The van der Waals surface area contributed by atoms with Gasteiger partial charge in [-0.25, -0.2) is 8.78 Å². The first-order valence-corrected chi connectivity index (χ1v) is 8.62. The fraction of sp³-hybridized carbons (Fsp3) is 0.118. The largest absolute Gasteiger partial charge is 0.488 e. The molecule has 0 fully saturated rings. The van der Waals surface area contributed by atoms with E-state index in [1.54, 1.807) is 30.3 Å². The summed E-state index contributed by atoms with van der Waals surface area (Å²) in [5.41, 5.74) is 1.02. The van der Waals surface area contributed by atoms with E-state index in [0.29, 0.717) is 22.1 Å². The fourth-order valence-corrected chi connectivity index (χ4v) is 2.87. The first kappa shape index (κ1) is 18.2. The number of halogens is 3. The average molecular weight is 396 g/mol. The highest BCUT2D eigenvalue weighted by Gasteiger charge is 2.18. The Labute approximate surface area is 156 Å². The minimum Gasteiger partial charge on any atom is -0.488 e. The molecule has 2 aromatic carbocycles. The van der Waals surface area contributed by atoms with Crippen molar-refractivity contribution >= 4 is 34.0 Å². The molecule has 0 bridgehead atoms. The Hall–Kier alpha value is -2.58. The van der Waals surface area contributed by atoms with Gasteiger partial charge in [-0.15, -0.1) is 10.2 Å². The van der Waals surface area contributed by atoms with Crippen LogP contribution in [0.1, 0.15) is 27.4 Å². The van der Waals surface area contributed by atoms with Crippen LogP contribution in [0.2, 0.25) is 5.02 Å². The minimum absolute atomic E-state index is 0.00814. The molecule has 0 aliphatic carbocycles. The molecule has 3 rings (SSSR count). The summed E-state index contributed by atoms with van der Waals surface area (Å²) in [6, 6.07) is 13.8. The van der Waals surface area contributed by atoms with Crippen LogP contribution >= 0.6 is 22.9 Å². The summed E-state index contributed by atoms with van der Waals surface area (Å²) in [7, 11) is 0. The third-order valence-corrected chi connectivity index (χ3v) is 4.54. The molecule has 9 heteroatoms. The maximum Gasteiger partial charge on any atom is 0.291 e. The van der Waals surface area contributed by atoms with E-state index in [4.69, 9.17) is 16.3 Å². The summed E-state index contributed by atoms with van der Waals surface area (Å²) >= 11 is 6.71. The number of rotatable bonds is 6. The SMILES string of the molecule is O=C(Nc1nnc(C(F)F)s1)c1ccccc1OCc1ccccc1Cl. The van der Waals surface area contributed by atoms with Gasteiger partial charge in [-0.3, -0.25) is 10.1 Å². The Morgan fingerprint density at radius 1 is 1.15 bits per heavy atom. The summed E-state index contributed by atoms with van der Waals surface area (Å²) in [6.45, 7) is 0.179. The van der Waals surface area contributed by atoms with E-state index in [0.717, 1.165) is 5.56 Å². The van der Waals surface area contributed by atoms with Crippen LogP contribution in [0.25, 0.3) is 0 Å². The van der Waals surface area contributed by atoms with E-state index < -0.39 is 17.3 Å². The maximum atomic E-state index is 12.6. The van der Waals surface area contributed by atoms with Gasteiger partial charge in [-0.05, 0) is 18.2 Å². The molecule has 0 unspecified atom stereocenters. The van der Waals surface area contributed by atoms with Gasteiger partial charge >= 0.3 is 0 Å². The Bertz CT molecular complexity index is 920. The van der Waals surface area contributed by atoms with Gasteiger partial charge in [0.2, 0.25) is 5.13 Å². The standard InChI is InChI=1S/C17H12ClF2N3O2S/c18-12-7-3-1-5-10(12)9-25-13-8-4-2-6-11(13)15(24)21-17-23-22-16(26-17)14(19)20/h1-8,14H,9H2,(H,21,23,24). The molecule has 3 aromatic rings. The highest BCUT2D eigenvalue weighted by molar-refractivity contribution is 7.15. The van der Waals surface area contributed by atoms with Gasteiger partial charge in [-0.2, -0.15) is 0 Å². The van der Waals surface area contributed by atoms with Crippen molar-refractivity contribution in [2.75, 3.05) is 5.32 Å². The Balaban J connectivity index is 1.73. The summed E-state index contributed by atoms with van der Waals surface area (Å²) in [4.78, 5) is 12.4. The van der Waals surface area contributed by atoms with Crippen LogP contribution in [0.4, 0.5) is 13.9 Å². The molecule has 0 aliphatic rings. The molecular weight excluding hydrogens is 384 g/mol. The highest BCUT2D eigenvalue weighted by atomic mass is 35.5. The lowest BCUT2D eigenvalue weighted by Crippen LogP contribution is -2.13. The minimum atomic E-state index is -2.73. The normalized spacial score (nSPS) is 10.8. The van der Waals surface area contributed by atoms with Gasteiger partial charge in [0.25, 0.3) is 12.3 Å². The van der Waals surface area contributed by atoms with Gasteiger partial charge in [0.05, 0.1) is 5.56 Å². The number of ether oxygens (including phenoxy) is 1. The monoisotopic (exact) mass is 395 g/mol. The van der Waals surface area contributed by atoms with Gasteiger partial charge in [0.1, 0.15) is 12.4 Å². The Kier molecular flexibility index (Phi) is 5.75. The number of para-hydroxylation sites is 1. The number of alkyl halides is 2. The van der Waals surface area contributed by atoms with Crippen molar-refractivity contribution in [1.29, 1.82) is 0 Å². The van der Waals surface area contributed by atoms with Gasteiger partial charge in [0, 0.05) is 10.6 Å². The molecule has 1 N–H and O–H groups in total. The molecule has 1 heterocycles. The number of benzene rings is 2. The molecule has 0 saturated heterocycles. The van der Waals surface area contributed by atoms with Gasteiger partial charge in [-0.1, -0.05) is 53.3 Å². The number of nitrogens with one attached hydrogen (secondary N) is 1. The van der Waals surface area contributed by atoms with E-state index in [2.05, 4.69) is 15.5 Å². The molecular formula is C17H12ClF2N3O2S. The molecule has 0 spiro atoms. The number of hydrogen-bond donors (Lipinski definition) is 1. The molecule has 0 aliphatic heterocycles. The first-order valence-electron chi connectivity index (χ1n) is 7.42. The quantitative estimate of drug-likeness (QED) is 0.640. The lowest BCUT2D eigenvalue weighted by molar-refractivity contribution is 0.102. The number of anilines is 1. The zero-order valence-electron chi connectivity index (χ0n) is 13.2. The number of nitrogens with zero attached hydrogens (tertiary/aromatic N) is 2. The zero-order valence-corrected chi connectivity index (χ0v) is 14.7. The van der Waals surface area contributed by atoms with Crippen LogP contribution in [-0.4, -0.2) is 16.1 Å². The third kappa shape index (κ3) is 4.33. The maximum absolute atomic E-state index is 12.6. The van der Waals surface area contributed by atoms with Crippen molar-refractivity contribution in [2.24, 2.45) is 0 Å². The Morgan fingerprint density at radius 3 is 2.62 bits per heavy atom. The molecule has 0 radical (unpaired) electrons. The highest BCUT2D eigenvalue weighted by Crippen LogP contribution is 2.27. The molecule has 1 amide bonds. The van der Waals surface area contributed by atoms with E-state index >= 15 is 0 Å². The van der Waals surface area contributed by atoms with Crippen LogP contribution in [-0.2, 0) is 6.61 Å². The molecule has 26 heavy (non-hydrogen) atoms. The van der Waals surface area contributed by atoms with E-state index in [1.807, 2.05) is 18.2 Å². The second-order valence-electron chi connectivity index (χ2n) is 5.08. The van der Waals surface area contributed by atoms with Crippen molar-refractivity contribution in [1.82, 2.24) is 10.2 Å². The lowest BCUT2D eigenvalue weighted by atomic mass is 10.2. The number of aromatic nitrogens is 2. The average Bonchev–Trinajstić information content (AvgIpc) is 3.10. The summed E-state index contributed by atoms with van der Waals surface area (Å²) in [5.74, 6) is -0.194. The second kappa shape index (κ2) is 8.20. The number of amides is 1. The molecule has 0 saturated carbocycles. The first-order chi connectivity index (χ1) is 12.5. The predicted octanol–water partition coefficient (Wildman–Crippen LogP) is 4.96. The third-order valence-electron chi connectivity index (χ3n) is 3.32. The number of hydrogen-bond acceptors (Lipinski definition) is 5. The fourth-order valence-electron chi connectivity index (χ4n) is 2.09. The van der Waals surface area contributed by atoms with E-state index in [-0.39, 0.29) is 17.3 Å². The van der Waals surface area contributed by atoms with Crippen molar-refractivity contribution in [3.05, 3.63) is 69.7 Å². The van der Waals surface area contributed by atoms with Crippen molar-refractivity contribution in [3.63, 3.8) is 0 Å². The predicted molar refractivity (Wildman–Crippen MR) is 95.0 cm³/mol. The van der Waals surface area contributed by atoms with E-state index in [1.165, 1.54) is 0 Å². The van der Waals surface area contributed by atoms with Crippen LogP contribution in [0, 0.1) is 0 Å². The summed E-state index contributed by atoms with van der Waals surface area (Å²) in [5, 5.41) is 9.41. The van der Waals surface area contributed by atoms with Crippen LogP contribution in [0.5, 0.6) is 5.75 Å². The topological polar surface area (TPSA) is 64.1 Å². The molecule has 134 valence electrons. The van der Waals surface area contributed by atoms with Crippen molar-refractivity contribution in [2.45, 2.75) is 13.0 Å². The van der Waals surface area contributed by atoms with Crippen molar-refractivity contribution < 1.29 is 18.3 Å².